The standard InChI is InChI=1S/C11H21NO2/c1-5-12-11(9(13)14-4)8-6-7-10(11,2)3/h12H,5-8H2,1-4H3. The van der Waals surface area contributed by atoms with Crippen molar-refractivity contribution in [3.8, 4) is 0 Å². The Balaban J connectivity index is 2.97. The molecule has 0 radical (unpaired) electrons. The van der Waals surface area contributed by atoms with Gasteiger partial charge in [-0.15, -0.1) is 0 Å². The molecular weight excluding hydrogens is 178 g/mol. The van der Waals surface area contributed by atoms with Gasteiger partial charge in [-0.3, -0.25) is 4.79 Å². The van der Waals surface area contributed by atoms with E-state index in [1.54, 1.807) is 0 Å². The predicted octanol–water partition coefficient (Wildman–Crippen LogP) is 1.72. The van der Waals surface area contributed by atoms with E-state index in [1.807, 2.05) is 6.92 Å². The molecule has 0 spiro atoms. The molecule has 0 aromatic carbocycles. The van der Waals surface area contributed by atoms with Crippen molar-refractivity contribution in [1.82, 2.24) is 5.32 Å². The van der Waals surface area contributed by atoms with E-state index in [-0.39, 0.29) is 11.4 Å². The molecule has 1 unspecified atom stereocenters. The molecule has 1 atom stereocenters. The van der Waals surface area contributed by atoms with Crippen LogP contribution in [-0.2, 0) is 9.53 Å². The molecule has 1 saturated carbocycles. The summed E-state index contributed by atoms with van der Waals surface area (Å²) in [6.07, 6.45) is 3.06. The van der Waals surface area contributed by atoms with Crippen LogP contribution in [0.5, 0.6) is 0 Å². The normalized spacial score (nSPS) is 30.3. The van der Waals surface area contributed by atoms with E-state index in [0.717, 1.165) is 25.8 Å². The molecule has 14 heavy (non-hydrogen) atoms. The summed E-state index contributed by atoms with van der Waals surface area (Å²) in [5.41, 5.74) is -0.466. The lowest BCUT2D eigenvalue weighted by Gasteiger charge is -2.39. The molecule has 1 aliphatic carbocycles. The number of nitrogens with one attached hydrogen (secondary N) is 1. The van der Waals surface area contributed by atoms with Crippen molar-refractivity contribution >= 4 is 5.97 Å². The van der Waals surface area contributed by atoms with Gasteiger partial charge in [-0.2, -0.15) is 0 Å². The van der Waals surface area contributed by atoms with Crippen LogP contribution in [0, 0.1) is 5.41 Å². The summed E-state index contributed by atoms with van der Waals surface area (Å²) >= 11 is 0. The number of carbonyl (C=O) groups excluding carboxylic acids is 1. The summed E-state index contributed by atoms with van der Waals surface area (Å²) < 4.78 is 4.92. The number of ether oxygens (including phenoxy) is 1. The van der Waals surface area contributed by atoms with Crippen molar-refractivity contribution < 1.29 is 9.53 Å². The van der Waals surface area contributed by atoms with Gasteiger partial charge in [-0.1, -0.05) is 27.2 Å². The molecule has 0 amide bonds. The summed E-state index contributed by atoms with van der Waals surface area (Å²) in [5.74, 6) is -0.109. The van der Waals surface area contributed by atoms with Gasteiger partial charge in [0.25, 0.3) is 0 Å². The first-order chi connectivity index (χ1) is 6.50. The Morgan fingerprint density at radius 1 is 1.43 bits per heavy atom. The molecule has 0 aliphatic heterocycles. The van der Waals surface area contributed by atoms with Crippen LogP contribution in [0.25, 0.3) is 0 Å². The van der Waals surface area contributed by atoms with Crippen molar-refractivity contribution in [2.45, 2.75) is 45.6 Å². The third-order valence-electron chi connectivity index (χ3n) is 3.52. The zero-order valence-corrected chi connectivity index (χ0v) is 9.64. The number of esters is 1. The molecule has 1 N–H and O–H groups in total. The van der Waals surface area contributed by atoms with Gasteiger partial charge in [0.15, 0.2) is 0 Å². The summed E-state index contributed by atoms with van der Waals surface area (Å²) in [7, 11) is 1.47. The zero-order valence-electron chi connectivity index (χ0n) is 9.64. The van der Waals surface area contributed by atoms with Crippen LogP contribution in [0.2, 0.25) is 0 Å². The number of hydrogen-bond donors (Lipinski definition) is 1. The smallest absolute Gasteiger partial charge is 0.326 e. The van der Waals surface area contributed by atoms with Gasteiger partial charge in [0, 0.05) is 0 Å². The van der Waals surface area contributed by atoms with Gasteiger partial charge in [0.1, 0.15) is 5.54 Å². The summed E-state index contributed by atoms with van der Waals surface area (Å²) in [4.78, 5) is 11.9. The minimum atomic E-state index is -0.462. The second-order valence-corrected chi connectivity index (χ2v) is 4.66. The fraction of sp³-hybridized carbons (Fsp3) is 0.909. The molecule has 3 heteroatoms. The molecule has 0 aromatic rings. The second kappa shape index (κ2) is 3.89. The molecule has 1 fully saturated rings. The Morgan fingerprint density at radius 3 is 2.43 bits per heavy atom. The lowest BCUT2D eigenvalue weighted by atomic mass is 9.75. The van der Waals surface area contributed by atoms with Gasteiger partial charge in [0.2, 0.25) is 0 Å². The highest BCUT2D eigenvalue weighted by molar-refractivity contribution is 5.82. The topological polar surface area (TPSA) is 38.3 Å². The van der Waals surface area contributed by atoms with Crippen molar-refractivity contribution in [3.05, 3.63) is 0 Å². The lowest BCUT2D eigenvalue weighted by molar-refractivity contribution is -0.152. The van der Waals surface area contributed by atoms with Gasteiger partial charge < -0.3 is 10.1 Å². The summed E-state index contributed by atoms with van der Waals surface area (Å²) in [6, 6.07) is 0. The van der Waals surface area contributed by atoms with E-state index in [9.17, 15) is 4.79 Å². The molecule has 82 valence electrons. The third-order valence-corrected chi connectivity index (χ3v) is 3.52. The van der Waals surface area contributed by atoms with E-state index < -0.39 is 5.54 Å². The molecule has 1 aliphatic rings. The van der Waals surface area contributed by atoms with Gasteiger partial charge in [-0.25, -0.2) is 0 Å². The number of rotatable bonds is 3. The predicted molar refractivity (Wildman–Crippen MR) is 56.1 cm³/mol. The largest absolute Gasteiger partial charge is 0.468 e. The molecule has 0 saturated heterocycles. The van der Waals surface area contributed by atoms with E-state index >= 15 is 0 Å². The Morgan fingerprint density at radius 2 is 2.07 bits per heavy atom. The zero-order chi connectivity index (χ0) is 10.8. The second-order valence-electron chi connectivity index (χ2n) is 4.66. The van der Waals surface area contributed by atoms with Crippen LogP contribution in [0.15, 0.2) is 0 Å². The first-order valence-corrected chi connectivity index (χ1v) is 5.33. The highest BCUT2D eigenvalue weighted by Gasteiger charge is 2.54. The van der Waals surface area contributed by atoms with Crippen LogP contribution in [0.3, 0.4) is 0 Å². The summed E-state index contributed by atoms with van der Waals surface area (Å²) in [5, 5.41) is 3.32. The molecule has 3 nitrogen and oxygen atoms in total. The van der Waals surface area contributed by atoms with E-state index in [0.29, 0.717) is 0 Å². The monoisotopic (exact) mass is 199 g/mol. The minimum absolute atomic E-state index is 0.00387. The lowest BCUT2D eigenvalue weighted by Crippen LogP contribution is -2.59. The fourth-order valence-corrected chi connectivity index (χ4v) is 2.60. The van der Waals surface area contributed by atoms with Crippen LogP contribution in [0.1, 0.15) is 40.0 Å². The highest BCUT2D eigenvalue weighted by Crippen LogP contribution is 2.46. The first kappa shape index (κ1) is 11.5. The quantitative estimate of drug-likeness (QED) is 0.703. The number of carbonyl (C=O) groups is 1. The SMILES string of the molecule is CCNC1(C(=O)OC)CCCC1(C)C. The maximum Gasteiger partial charge on any atom is 0.326 e. The number of methoxy groups -OCH3 is 1. The molecule has 0 bridgehead atoms. The van der Waals surface area contributed by atoms with Gasteiger partial charge in [0.05, 0.1) is 7.11 Å². The van der Waals surface area contributed by atoms with Gasteiger partial charge in [-0.05, 0) is 24.8 Å². The number of likely N-dealkylation sites (N-methyl/N-ethyl adjacent to an activating group) is 1. The maximum absolute atomic E-state index is 11.9. The van der Waals surface area contributed by atoms with Crippen molar-refractivity contribution in [2.24, 2.45) is 5.41 Å². The summed E-state index contributed by atoms with van der Waals surface area (Å²) in [6.45, 7) is 7.11. The Bertz CT molecular complexity index is 225. The molecule has 1 rings (SSSR count). The van der Waals surface area contributed by atoms with Gasteiger partial charge >= 0.3 is 5.97 Å². The fourth-order valence-electron chi connectivity index (χ4n) is 2.60. The van der Waals surface area contributed by atoms with Crippen LogP contribution in [0.4, 0.5) is 0 Å². The van der Waals surface area contributed by atoms with Crippen LogP contribution < -0.4 is 5.32 Å². The maximum atomic E-state index is 11.9. The number of hydrogen-bond acceptors (Lipinski definition) is 3. The Hall–Kier alpha value is -0.570. The average Bonchev–Trinajstić information content (AvgIpc) is 2.42. The molecule has 0 aromatic heterocycles. The first-order valence-electron chi connectivity index (χ1n) is 5.33. The van der Waals surface area contributed by atoms with E-state index in [4.69, 9.17) is 4.74 Å². The molecule has 0 heterocycles. The minimum Gasteiger partial charge on any atom is -0.468 e. The Labute approximate surface area is 86.2 Å². The van der Waals surface area contributed by atoms with E-state index in [1.165, 1.54) is 7.11 Å². The van der Waals surface area contributed by atoms with Crippen molar-refractivity contribution in [3.63, 3.8) is 0 Å². The average molecular weight is 199 g/mol. The third kappa shape index (κ3) is 1.54. The van der Waals surface area contributed by atoms with Crippen LogP contribution in [-0.4, -0.2) is 25.2 Å². The molecular formula is C11H21NO2. The van der Waals surface area contributed by atoms with Crippen LogP contribution >= 0.6 is 0 Å². The Kier molecular flexibility index (Phi) is 3.20. The van der Waals surface area contributed by atoms with Crippen molar-refractivity contribution in [1.29, 1.82) is 0 Å². The highest BCUT2D eigenvalue weighted by atomic mass is 16.5. The van der Waals surface area contributed by atoms with E-state index in [2.05, 4.69) is 19.2 Å². The van der Waals surface area contributed by atoms with Crippen molar-refractivity contribution in [2.75, 3.05) is 13.7 Å².